The molecule has 4 rings (SSSR count). The molecule has 3 heterocycles. The molecule has 8 heteroatoms. The average molecular weight is 451 g/mol. The Labute approximate surface area is 189 Å². The standard InChI is InChI=1S/C24H22N2O5S/c1-14-5-7-18(8-6-14)26-15(2)11-17(16(26)3)12-21-22(27)25(24(29)32-21)13-19-9-10-20(31-19)23(28)30-4/h5-12H,13H2,1-4H3/b21-12-. The Morgan fingerprint density at radius 2 is 1.81 bits per heavy atom. The van der Waals surface area contributed by atoms with Gasteiger partial charge in [0.25, 0.3) is 11.1 Å². The smallest absolute Gasteiger partial charge is 0.373 e. The number of rotatable bonds is 5. The first-order chi connectivity index (χ1) is 15.3. The van der Waals surface area contributed by atoms with E-state index in [-0.39, 0.29) is 17.5 Å². The molecule has 0 spiro atoms. The topological polar surface area (TPSA) is 81.8 Å². The molecule has 0 radical (unpaired) electrons. The molecule has 7 nitrogen and oxygen atoms in total. The number of methoxy groups -OCH3 is 1. The zero-order valence-electron chi connectivity index (χ0n) is 18.2. The van der Waals surface area contributed by atoms with E-state index in [1.165, 1.54) is 18.7 Å². The molecule has 2 aromatic heterocycles. The Morgan fingerprint density at radius 1 is 1.09 bits per heavy atom. The fourth-order valence-electron chi connectivity index (χ4n) is 3.63. The molecule has 164 valence electrons. The number of nitrogens with zero attached hydrogens (tertiary/aromatic N) is 2. The fourth-order valence-corrected chi connectivity index (χ4v) is 4.46. The summed E-state index contributed by atoms with van der Waals surface area (Å²) in [5, 5.41) is -0.385. The van der Waals surface area contributed by atoms with Crippen LogP contribution in [0.4, 0.5) is 4.79 Å². The first kappa shape index (κ1) is 21.7. The predicted molar refractivity (Wildman–Crippen MR) is 122 cm³/mol. The predicted octanol–water partition coefficient (Wildman–Crippen LogP) is 5.02. The number of imide groups is 1. The maximum atomic E-state index is 12.9. The lowest BCUT2D eigenvalue weighted by Gasteiger charge is -2.10. The summed E-state index contributed by atoms with van der Waals surface area (Å²) in [4.78, 5) is 38.4. The average Bonchev–Trinajstić information content (AvgIpc) is 3.42. The maximum Gasteiger partial charge on any atom is 0.373 e. The number of amides is 2. The number of carbonyl (C=O) groups is 3. The number of ether oxygens (including phenoxy) is 1. The van der Waals surface area contributed by atoms with Gasteiger partial charge in [0, 0.05) is 17.1 Å². The molecule has 1 aliphatic heterocycles. The van der Waals surface area contributed by atoms with Gasteiger partial charge >= 0.3 is 5.97 Å². The second-order valence-electron chi connectivity index (χ2n) is 7.52. The minimum Gasteiger partial charge on any atom is -0.463 e. The fraction of sp³-hybridized carbons (Fsp3) is 0.208. The van der Waals surface area contributed by atoms with Crippen LogP contribution in [0.3, 0.4) is 0 Å². The van der Waals surface area contributed by atoms with Gasteiger partial charge < -0.3 is 13.7 Å². The molecule has 0 bridgehead atoms. The van der Waals surface area contributed by atoms with E-state index < -0.39 is 11.9 Å². The second kappa shape index (κ2) is 8.55. The Bertz CT molecular complexity index is 1250. The number of furan rings is 1. The van der Waals surface area contributed by atoms with Gasteiger partial charge in [0.2, 0.25) is 5.76 Å². The SMILES string of the molecule is COC(=O)c1ccc(CN2C(=O)S/C(=C\c3cc(C)n(-c4ccc(C)cc4)c3C)C2=O)o1. The third-order valence-electron chi connectivity index (χ3n) is 5.28. The summed E-state index contributed by atoms with van der Waals surface area (Å²) in [5.74, 6) is -0.662. The van der Waals surface area contributed by atoms with Gasteiger partial charge in [0.1, 0.15) is 5.76 Å². The molecule has 0 aliphatic carbocycles. The van der Waals surface area contributed by atoms with Crippen LogP contribution in [0.25, 0.3) is 11.8 Å². The van der Waals surface area contributed by atoms with Crippen LogP contribution in [0.2, 0.25) is 0 Å². The Kier molecular flexibility index (Phi) is 5.80. The first-order valence-corrected chi connectivity index (χ1v) is 10.8. The van der Waals surface area contributed by atoms with E-state index in [0.717, 1.165) is 39.3 Å². The summed E-state index contributed by atoms with van der Waals surface area (Å²) in [6.07, 6.45) is 1.75. The highest BCUT2D eigenvalue weighted by atomic mass is 32.2. The minimum atomic E-state index is -0.616. The summed E-state index contributed by atoms with van der Waals surface area (Å²) < 4.78 is 12.1. The second-order valence-corrected chi connectivity index (χ2v) is 8.52. The molecular weight excluding hydrogens is 428 g/mol. The highest BCUT2D eigenvalue weighted by Crippen LogP contribution is 2.35. The molecule has 0 unspecified atom stereocenters. The van der Waals surface area contributed by atoms with E-state index in [2.05, 4.69) is 33.6 Å². The number of hydrogen-bond donors (Lipinski definition) is 0. The van der Waals surface area contributed by atoms with Gasteiger partial charge in [0.15, 0.2) is 0 Å². The summed E-state index contributed by atoms with van der Waals surface area (Å²) in [6.45, 7) is 5.98. The summed E-state index contributed by atoms with van der Waals surface area (Å²) in [5.41, 5.74) is 5.10. The number of carbonyl (C=O) groups excluding carboxylic acids is 3. The monoisotopic (exact) mass is 450 g/mol. The number of aryl methyl sites for hydroxylation is 2. The van der Waals surface area contributed by atoms with Gasteiger partial charge in [-0.05, 0) is 74.5 Å². The number of hydrogen-bond acceptors (Lipinski definition) is 6. The van der Waals surface area contributed by atoms with Crippen molar-refractivity contribution in [2.75, 3.05) is 7.11 Å². The third-order valence-corrected chi connectivity index (χ3v) is 6.19. The van der Waals surface area contributed by atoms with Gasteiger partial charge in [0.05, 0.1) is 18.6 Å². The molecule has 1 fully saturated rings. The zero-order chi connectivity index (χ0) is 23.0. The molecule has 1 aliphatic rings. The van der Waals surface area contributed by atoms with Crippen molar-refractivity contribution >= 4 is 35.0 Å². The van der Waals surface area contributed by atoms with Crippen LogP contribution in [-0.2, 0) is 16.1 Å². The molecule has 1 aromatic carbocycles. The largest absolute Gasteiger partial charge is 0.463 e. The quantitative estimate of drug-likeness (QED) is 0.401. The zero-order valence-corrected chi connectivity index (χ0v) is 19.0. The van der Waals surface area contributed by atoms with E-state index in [1.807, 2.05) is 26.8 Å². The molecule has 2 amide bonds. The van der Waals surface area contributed by atoms with Crippen LogP contribution in [0.1, 0.15) is 38.8 Å². The van der Waals surface area contributed by atoms with E-state index in [4.69, 9.17) is 4.42 Å². The van der Waals surface area contributed by atoms with Crippen LogP contribution in [0, 0.1) is 20.8 Å². The molecule has 0 saturated carbocycles. The van der Waals surface area contributed by atoms with Crippen molar-refractivity contribution in [1.82, 2.24) is 9.47 Å². The lowest BCUT2D eigenvalue weighted by Crippen LogP contribution is -2.27. The van der Waals surface area contributed by atoms with Crippen LogP contribution >= 0.6 is 11.8 Å². The third kappa shape index (κ3) is 4.01. The summed E-state index contributed by atoms with van der Waals surface area (Å²) in [6, 6.07) is 13.2. The van der Waals surface area contributed by atoms with Gasteiger partial charge in [-0.2, -0.15) is 0 Å². The van der Waals surface area contributed by atoms with Crippen LogP contribution in [0.5, 0.6) is 0 Å². The molecule has 1 saturated heterocycles. The summed E-state index contributed by atoms with van der Waals surface area (Å²) >= 11 is 0.891. The van der Waals surface area contributed by atoms with Crippen LogP contribution in [-0.4, -0.2) is 33.7 Å². The summed E-state index contributed by atoms with van der Waals surface area (Å²) in [7, 11) is 1.25. The molecule has 32 heavy (non-hydrogen) atoms. The number of benzene rings is 1. The van der Waals surface area contributed by atoms with Gasteiger partial charge in [-0.3, -0.25) is 14.5 Å². The van der Waals surface area contributed by atoms with Crippen LogP contribution in [0.15, 0.2) is 51.8 Å². The van der Waals surface area contributed by atoms with Gasteiger partial charge in [-0.15, -0.1) is 0 Å². The van der Waals surface area contributed by atoms with Crippen molar-refractivity contribution in [1.29, 1.82) is 0 Å². The van der Waals surface area contributed by atoms with E-state index in [0.29, 0.717) is 10.7 Å². The molecule has 3 aromatic rings. The van der Waals surface area contributed by atoms with Crippen molar-refractivity contribution < 1.29 is 23.5 Å². The molecule has 0 atom stereocenters. The van der Waals surface area contributed by atoms with E-state index >= 15 is 0 Å². The number of aromatic nitrogens is 1. The van der Waals surface area contributed by atoms with Crippen LogP contribution < -0.4 is 0 Å². The van der Waals surface area contributed by atoms with E-state index in [9.17, 15) is 14.4 Å². The van der Waals surface area contributed by atoms with Crippen molar-refractivity contribution in [3.63, 3.8) is 0 Å². The molecule has 0 N–H and O–H groups in total. The Hall–Kier alpha value is -3.52. The Balaban J connectivity index is 1.58. The normalized spacial score (nSPS) is 15.1. The maximum absolute atomic E-state index is 12.9. The highest BCUT2D eigenvalue weighted by molar-refractivity contribution is 8.18. The molecular formula is C24H22N2O5S. The van der Waals surface area contributed by atoms with Crippen molar-refractivity contribution in [2.45, 2.75) is 27.3 Å². The van der Waals surface area contributed by atoms with E-state index in [1.54, 1.807) is 12.1 Å². The number of thioether (sulfide) groups is 1. The van der Waals surface area contributed by atoms with Crippen molar-refractivity contribution in [2.24, 2.45) is 0 Å². The lowest BCUT2D eigenvalue weighted by atomic mass is 10.2. The first-order valence-electron chi connectivity index (χ1n) is 9.97. The highest BCUT2D eigenvalue weighted by Gasteiger charge is 2.36. The van der Waals surface area contributed by atoms with Gasteiger partial charge in [-0.1, -0.05) is 17.7 Å². The number of esters is 1. The van der Waals surface area contributed by atoms with Gasteiger partial charge in [-0.25, -0.2) is 4.79 Å². The minimum absolute atomic E-state index is 0.0218. The van der Waals surface area contributed by atoms with Crippen molar-refractivity contribution in [3.05, 3.63) is 81.4 Å². The van der Waals surface area contributed by atoms with Crippen molar-refractivity contribution in [3.8, 4) is 5.69 Å². The Morgan fingerprint density at radius 3 is 2.50 bits per heavy atom. The lowest BCUT2D eigenvalue weighted by molar-refractivity contribution is -0.123.